The second-order valence-corrected chi connectivity index (χ2v) is 5.09. The van der Waals surface area contributed by atoms with Crippen LogP contribution >= 0.6 is 0 Å². The summed E-state index contributed by atoms with van der Waals surface area (Å²) >= 11 is 0. The lowest BCUT2D eigenvalue weighted by molar-refractivity contribution is 0.396. The SMILES string of the molecule is C[C@H](N[C@@H](C)c1ccco1)c1nc2ccccc2c(=O)[nH]1. The predicted octanol–water partition coefficient (Wildman–Crippen LogP) is 2.93. The lowest BCUT2D eigenvalue weighted by Crippen LogP contribution is -2.26. The second kappa shape index (κ2) is 5.54. The number of aromatic amines is 1. The summed E-state index contributed by atoms with van der Waals surface area (Å²) in [5, 5.41) is 3.97. The molecule has 3 rings (SSSR count). The molecule has 0 fully saturated rings. The number of aromatic nitrogens is 2. The van der Waals surface area contributed by atoms with Gasteiger partial charge in [-0.2, -0.15) is 0 Å². The molecule has 5 nitrogen and oxygen atoms in total. The van der Waals surface area contributed by atoms with Crippen molar-refractivity contribution in [2.24, 2.45) is 0 Å². The van der Waals surface area contributed by atoms with Crippen LogP contribution in [0.15, 0.2) is 51.9 Å². The average molecular weight is 283 g/mol. The van der Waals surface area contributed by atoms with Gasteiger partial charge in [0.25, 0.3) is 5.56 Å². The first-order valence-electron chi connectivity index (χ1n) is 6.93. The number of benzene rings is 1. The number of furan rings is 1. The zero-order valence-corrected chi connectivity index (χ0v) is 12.0. The molecule has 108 valence electrons. The van der Waals surface area contributed by atoms with E-state index in [1.54, 1.807) is 12.3 Å². The van der Waals surface area contributed by atoms with Gasteiger partial charge in [-0.05, 0) is 38.1 Å². The van der Waals surface area contributed by atoms with Crippen molar-refractivity contribution in [3.63, 3.8) is 0 Å². The fourth-order valence-corrected chi connectivity index (χ4v) is 2.38. The van der Waals surface area contributed by atoms with Gasteiger partial charge in [-0.15, -0.1) is 0 Å². The van der Waals surface area contributed by atoms with E-state index in [1.165, 1.54) is 0 Å². The molecule has 0 saturated heterocycles. The van der Waals surface area contributed by atoms with Crippen molar-refractivity contribution in [3.05, 3.63) is 64.6 Å². The number of rotatable bonds is 4. The summed E-state index contributed by atoms with van der Waals surface area (Å²) in [4.78, 5) is 19.4. The molecular formula is C16H17N3O2. The quantitative estimate of drug-likeness (QED) is 0.772. The molecule has 2 aromatic heterocycles. The van der Waals surface area contributed by atoms with Crippen LogP contribution in [0.4, 0.5) is 0 Å². The molecule has 5 heteroatoms. The van der Waals surface area contributed by atoms with Gasteiger partial charge < -0.3 is 9.40 Å². The van der Waals surface area contributed by atoms with Gasteiger partial charge in [-0.25, -0.2) is 4.98 Å². The third-order valence-electron chi connectivity index (χ3n) is 3.51. The summed E-state index contributed by atoms with van der Waals surface area (Å²) in [7, 11) is 0. The number of H-pyrrole nitrogens is 1. The maximum atomic E-state index is 12.1. The highest BCUT2D eigenvalue weighted by molar-refractivity contribution is 5.77. The first kappa shape index (κ1) is 13.6. The Kier molecular flexibility index (Phi) is 3.58. The Morgan fingerprint density at radius 1 is 1.14 bits per heavy atom. The lowest BCUT2D eigenvalue weighted by Gasteiger charge is -2.18. The fourth-order valence-electron chi connectivity index (χ4n) is 2.38. The molecule has 0 aliphatic heterocycles. The Morgan fingerprint density at radius 3 is 2.71 bits per heavy atom. The maximum Gasteiger partial charge on any atom is 0.258 e. The second-order valence-electron chi connectivity index (χ2n) is 5.09. The Labute approximate surface area is 122 Å². The molecule has 2 atom stereocenters. The number of nitrogens with zero attached hydrogens (tertiary/aromatic N) is 1. The van der Waals surface area contributed by atoms with Gasteiger partial charge in [0.1, 0.15) is 11.6 Å². The predicted molar refractivity (Wildman–Crippen MR) is 81.0 cm³/mol. The Bertz CT molecular complexity index is 793. The smallest absolute Gasteiger partial charge is 0.258 e. The lowest BCUT2D eigenvalue weighted by atomic mass is 10.2. The molecular weight excluding hydrogens is 266 g/mol. The van der Waals surface area contributed by atoms with Crippen molar-refractivity contribution in [1.82, 2.24) is 15.3 Å². The number of nitrogens with one attached hydrogen (secondary N) is 2. The molecule has 0 amide bonds. The van der Waals surface area contributed by atoms with Crippen LogP contribution in [0.2, 0.25) is 0 Å². The third-order valence-corrected chi connectivity index (χ3v) is 3.51. The summed E-state index contributed by atoms with van der Waals surface area (Å²) in [6.07, 6.45) is 1.65. The van der Waals surface area contributed by atoms with E-state index in [4.69, 9.17) is 4.42 Å². The highest BCUT2D eigenvalue weighted by Gasteiger charge is 2.15. The van der Waals surface area contributed by atoms with Gasteiger partial charge >= 0.3 is 0 Å². The molecule has 0 spiro atoms. The van der Waals surface area contributed by atoms with Gasteiger partial charge in [0, 0.05) is 0 Å². The molecule has 3 aromatic rings. The van der Waals surface area contributed by atoms with Crippen LogP contribution < -0.4 is 10.9 Å². The average Bonchev–Trinajstić information content (AvgIpc) is 3.01. The van der Waals surface area contributed by atoms with Crippen LogP contribution in [0.1, 0.15) is 37.5 Å². The summed E-state index contributed by atoms with van der Waals surface area (Å²) < 4.78 is 5.37. The molecule has 0 radical (unpaired) electrons. The summed E-state index contributed by atoms with van der Waals surface area (Å²) in [5.41, 5.74) is 0.588. The van der Waals surface area contributed by atoms with Crippen LogP contribution in [0.25, 0.3) is 10.9 Å². The van der Waals surface area contributed by atoms with Crippen molar-refractivity contribution < 1.29 is 4.42 Å². The van der Waals surface area contributed by atoms with Crippen molar-refractivity contribution in [1.29, 1.82) is 0 Å². The third kappa shape index (κ3) is 2.73. The number of hydrogen-bond donors (Lipinski definition) is 2. The van der Waals surface area contributed by atoms with Gasteiger partial charge in [0.2, 0.25) is 0 Å². The molecule has 21 heavy (non-hydrogen) atoms. The maximum absolute atomic E-state index is 12.1. The zero-order chi connectivity index (χ0) is 14.8. The Hall–Kier alpha value is -2.40. The van der Waals surface area contributed by atoms with E-state index < -0.39 is 0 Å². The van der Waals surface area contributed by atoms with Crippen molar-refractivity contribution in [2.45, 2.75) is 25.9 Å². The molecule has 0 bridgehead atoms. The largest absolute Gasteiger partial charge is 0.468 e. The van der Waals surface area contributed by atoms with E-state index in [-0.39, 0.29) is 17.6 Å². The van der Waals surface area contributed by atoms with E-state index >= 15 is 0 Å². The molecule has 0 saturated carbocycles. The van der Waals surface area contributed by atoms with E-state index in [0.717, 1.165) is 5.76 Å². The van der Waals surface area contributed by atoms with Crippen molar-refractivity contribution >= 4 is 10.9 Å². The van der Waals surface area contributed by atoms with E-state index in [1.807, 2.05) is 44.2 Å². The van der Waals surface area contributed by atoms with E-state index in [9.17, 15) is 4.79 Å². The van der Waals surface area contributed by atoms with Crippen LogP contribution in [-0.2, 0) is 0 Å². The van der Waals surface area contributed by atoms with Crippen LogP contribution in [0.3, 0.4) is 0 Å². The van der Waals surface area contributed by atoms with Crippen LogP contribution in [-0.4, -0.2) is 9.97 Å². The first-order chi connectivity index (χ1) is 10.1. The fraction of sp³-hybridized carbons (Fsp3) is 0.250. The number of hydrogen-bond acceptors (Lipinski definition) is 4. The van der Waals surface area contributed by atoms with Crippen LogP contribution in [0, 0.1) is 0 Å². The van der Waals surface area contributed by atoms with E-state index in [2.05, 4.69) is 15.3 Å². The normalized spacial score (nSPS) is 14.2. The number of para-hydroxylation sites is 1. The Balaban J connectivity index is 1.88. The molecule has 0 unspecified atom stereocenters. The first-order valence-corrected chi connectivity index (χ1v) is 6.93. The van der Waals surface area contributed by atoms with Gasteiger partial charge in [0.15, 0.2) is 0 Å². The summed E-state index contributed by atoms with van der Waals surface area (Å²) in [5.74, 6) is 1.47. The van der Waals surface area contributed by atoms with Crippen molar-refractivity contribution in [2.75, 3.05) is 0 Å². The minimum absolute atomic E-state index is 0.0340. The molecule has 0 aliphatic rings. The van der Waals surface area contributed by atoms with Crippen LogP contribution in [0.5, 0.6) is 0 Å². The summed E-state index contributed by atoms with van der Waals surface area (Å²) in [6, 6.07) is 11.0. The van der Waals surface area contributed by atoms with Gasteiger partial charge in [0.05, 0.1) is 29.2 Å². The highest BCUT2D eigenvalue weighted by atomic mass is 16.3. The van der Waals surface area contributed by atoms with Gasteiger partial charge in [-0.3, -0.25) is 10.1 Å². The minimum atomic E-state index is -0.116. The highest BCUT2D eigenvalue weighted by Crippen LogP contribution is 2.18. The van der Waals surface area contributed by atoms with E-state index in [0.29, 0.717) is 16.7 Å². The minimum Gasteiger partial charge on any atom is -0.468 e. The molecule has 0 aliphatic carbocycles. The summed E-state index contributed by atoms with van der Waals surface area (Å²) in [6.45, 7) is 3.97. The molecule has 2 heterocycles. The zero-order valence-electron chi connectivity index (χ0n) is 12.0. The molecule has 1 aromatic carbocycles. The topological polar surface area (TPSA) is 70.9 Å². The monoisotopic (exact) mass is 283 g/mol. The standard InChI is InChI=1S/C16H17N3O2/c1-10(14-8-5-9-21-14)17-11(2)15-18-13-7-4-3-6-12(13)16(20)19-15/h3-11,17H,1-2H3,(H,18,19,20)/t10-,11-/m0/s1. The van der Waals surface area contributed by atoms with Crippen molar-refractivity contribution in [3.8, 4) is 0 Å². The van der Waals surface area contributed by atoms with Gasteiger partial charge in [-0.1, -0.05) is 12.1 Å². The number of fused-ring (bicyclic) bond motifs is 1. The molecule has 2 N–H and O–H groups in total. The Morgan fingerprint density at radius 2 is 1.95 bits per heavy atom.